The predicted octanol–water partition coefficient (Wildman–Crippen LogP) is 4.63. The maximum Gasteiger partial charge on any atom is 0.308 e. The molecular formula is C23H24N2O3. The molecule has 2 aromatic rings. The molecule has 1 aliphatic carbocycles. The number of hydrogen-bond acceptors (Lipinski definition) is 4. The highest BCUT2D eigenvalue weighted by Crippen LogP contribution is 2.41. The maximum absolute atomic E-state index is 13.4. The van der Waals surface area contributed by atoms with Crippen molar-refractivity contribution in [1.29, 1.82) is 5.26 Å². The molecular weight excluding hydrogens is 352 g/mol. The Kier molecular flexibility index (Phi) is 5.79. The Morgan fingerprint density at radius 1 is 1.11 bits per heavy atom. The van der Waals surface area contributed by atoms with Gasteiger partial charge in [0.15, 0.2) is 0 Å². The van der Waals surface area contributed by atoms with E-state index in [1.165, 1.54) is 13.0 Å². The van der Waals surface area contributed by atoms with Crippen LogP contribution < -0.4 is 10.1 Å². The molecule has 0 heterocycles. The van der Waals surface area contributed by atoms with Crippen LogP contribution in [-0.2, 0) is 15.0 Å². The van der Waals surface area contributed by atoms with Gasteiger partial charge in [0.2, 0.25) is 5.91 Å². The summed E-state index contributed by atoms with van der Waals surface area (Å²) in [5.41, 5.74) is 2.34. The number of benzene rings is 2. The fourth-order valence-corrected chi connectivity index (χ4v) is 3.93. The van der Waals surface area contributed by atoms with Crippen LogP contribution in [0.15, 0.2) is 42.5 Å². The number of esters is 1. The van der Waals surface area contributed by atoms with Crippen molar-refractivity contribution < 1.29 is 14.3 Å². The number of nitriles is 1. The topological polar surface area (TPSA) is 79.2 Å². The van der Waals surface area contributed by atoms with Crippen molar-refractivity contribution in [2.75, 3.05) is 5.32 Å². The van der Waals surface area contributed by atoms with Gasteiger partial charge in [0.05, 0.1) is 11.0 Å². The molecule has 1 N–H and O–H groups in total. The van der Waals surface area contributed by atoms with Crippen LogP contribution in [0.1, 0.15) is 55.7 Å². The summed E-state index contributed by atoms with van der Waals surface area (Å²) < 4.78 is 5.04. The van der Waals surface area contributed by atoms with Crippen LogP contribution in [0.2, 0.25) is 0 Å². The average molecular weight is 376 g/mol. The second kappa shape index (κ2) is 8.26. The highest BCUT2D eigenvalue weighted by atomic mass is 16.5. The first kappa shape index (κ1) is 19.6. The van der Waals surface area contributed by atoms with Crippen LogP contribution in [0.3, 0.4) is 0 Å². The van der Waals surface area contributed by atoms with Gasteiger partial charge in [-0.1, -0.05) is 49.1 Å². The van der Waals surface area contributed by atoms with Gasteiger partial charge in [-0.3, -0.25) is 9.59 Å². The number of amides is 1. The van der Waals surface area contributed by atoms with E-state index in [4.69, 9.17) is 4.74 Å². The average Bonchev–Trinajstić information content (AvgIpc) is 2.69. The lowest BCUT2D eigenvalue weighted by molar-refractivity contribution is -0.132. The van der Waals surface area contributed by atoms with Crippen LogP contribution >= 0.6 is 0 Å². The molecule has 0 spiro atoms. The van der Waals surface area contributed by atoms with Crippen molar-refractivity contribution in [2.24, 2.45) is 0 Å². The molecule has 0 bridgehead atoms. The quantitative estimate of drug-likeness (QED) is 0.623. The molecule has 1 aliphatic rings. The van der Waals surface area contributed by atoms with Crippen molar-refractivity contribution in [3.05, 3.63) is 59.2 Å². The Bertz CT molecular complexity index is 937. The first-order valence-corrected chi connectivity index (χ1v) is 9.56. The third kappa shape index (κ3) is 4.07. The standard InChI is InChI=1S/C23H24N2O3/c1-16-7-6-8-19(13-16)23(11-4-3-5-12-23)22(27)25-20-9-10-21(28-17(2)26)18(14-20)15-24/h6-10,13-14H,3-5,11-12H2,1-2H3,(H,25,27). The Hall–Kier alpha value is -3.13. The minimum absolute atomic E-state index is 0.0538. The first-order chi connectivity index (χ1) is 13.4. The van der Waals surface area contributed by atoms with Gasteiger partial charge in [0.25, 0.3) is 0 Å². The monoisotopic (exact) mass is 376 g/mol. The summed E-state index contributed by atoms with van der Waals surface area (Å²) in [6, 6.07) is 14.9. The second-order valence-corrected chi connectivity index (χ2v) is 7.38. The number of anilines is 1. The normalized spacial score (nSPS) is 15.3. The van der Waals surface area contributed by atoms with E-state index in [1.807, 2.05) is 31.2 Å². The summed E-state index contributed by atoms with van der Waals surface area (Å²) in [6.07, 6.45) is 4.76. The van der Waals surface area contributed by atoms with E-state index >= 15 is 0 Å². The summed E-state index contributed by atoms with van der Waals surface area (Å²) in [4.78, 5) is 24.6. The molecule has 0 unspecified atom stereocenters. The van der Waals surface area contributed by atoms with Crippen LogP contribution in [0.25, 0.3) is 0 Å². The molecule has 1 fully saturated rings. The van der Waals surface area contributed by atoms with Gasteiger partial charge in [-0.25, -0.2) is 0 Å². The second-order valence-electron chi connectivity index (χ2n) is 7.38. The molecule has 0 atom stereocenters. The maximum atomic E-state index is 13.4. The number of carbonyl (C=O) groups is 2. The van der Waals surface area contributed by atoms with Crippen molar-refractivity contribution in [1.82, 2.24) is 0 Å². The van der Waals surface area contributed by atoms with Gasteiger partial charge in [-0.15, -0.1) is 0 Å². The van der Waals surface area contributed by atoms with Gasteiger partial charge in [0, 0.05) is 12.6 Å². The number of nitrogens with one attached hydrogen (secondary N) is 1. The van der Waals surface area contributed by atoms with Crippen molar-refractivity contribution in [3.8, 4) is 11.8 Å². The third-order valence-electron chi connectivity index (χ3n) is 5.32. The van der Waals surface area contributed by atoms with Gasteiger partial charge in [-0.05, 0) is 43.5 Å². The van der Waals surface area contributed by atoms with E-state index < -0.39 is 11.4 Å². The predicted molar refractivity (Wildman–Crippen MR) is 107 cm³/mol. The Morgan fingerprint density at radius 3 is 2.50 bits per heavy atom. The van der Waals surface area contributed by atoms with Crippen LogP contribution in [0.5, 0.6) is 5.75 Å². The number of hydrogen-bond donors (Lipinski definition) is 1. The van der Waals surface area contributed by atoms with E-state index in [-0.39, 0.29) is 17.2 Å². The van der Waals surface area contributed by atoms with Crippen molar-refractivity contribution in [3.63, 3.8) is 0 Å². The number of aryl methyl sites for hydroxylation is 1. The fourth-order valence-electron chi connectivity index (χ4n) is 3.93. The van der Waals surface area contributed by atoms with Gasteiger partial charge in [0.1, 0.15) is 11.8 Å². The number of ether oxygens (including phenoxy) is 1. The zero-order valence-corrected chi connectivity index (χ0v) is 16.2. The van der Waals surface area contributed by atoms with Gasteiger partial charge < -0.3 is 10.1 Å². The number of nitrogens with zero attached hydrogens (tertiary/aromatic N) is 1. The zero-order chi connectivity index (χ0) is 20.1. The van der Waals surface area contributed by atoms with Crippen LogP contribution in [-0.4, -0.2) is 11.9 Å². The Labute approximate surface area is 165 Å². The molecule has 0 saturated heterocycles. The lowest BCUT2D eigenvalue weighted by Crippen LogP contribution is -2.42. The zero-order valence-electron chi connectivity index (χ0n) is 16.2. The van der Waals surface area contributed by atoms with E-state index in [0.29, 0.717) is 5.69 Å². The SMILES string of the molecule is CC(=O)Oc1ccc(NC(=O)C2(c3cccc(C)c3)CCCCC2)cc1C#N. The summed E-state index contributed by atoms with van der Waals surface area (Å²) in [5.74, 6) is -0.352. The fraction of sp³-hybridized carbons (Fsp3) is 0.348. The van der Waals surface area contributed by atoms with E-state index in [1.54, 1.807) is 12.1 Å². The largest absolute Gasteiger partial charge is 0.425 e. The lowest BCUT2D eigenvalue weighted by Gasteiger charge is -2.36. The molecule has 0 radical (unpaired) electrons. The van der Waals surface area contributed by atoms with Crippen molar-refractivity contribution >= 4 is 17.6 Å². The molecule has 1 amide bonds. The summed E-state index contributed by atoms with van der Waals surface area (Å²) in [6.45, 7) is 3.32. The number of carbonyl (C=O) groups excluding carboxylic acids is 2. The highest BCUT2D eigenvalue weighted by Gasteiger charge is 2.41. The molecule has 3 rings (SSSR count). The molecule has 5 nitrogen and oxygen atoms in total. The van der Waals surface area contributed by atoms with Crippen LogP contribution in [0.4, 0.5) is 5.69 Å². The van der Waals surface area contributed by atoms with Gasteiger partial charge >= 0.3 is 5.97 Å². The molecule has 2 aromatic carbocycles. The Morgan fingerprint density at radius 2 is 1.86 bits per heavy atom. The molecule has 144 valence electrons. The van der Waals surface area contributed by atoms with Crippen LogP contribution in [0, 0.1) is 18.3 Å². The summed E-state index contributed by atoms with van der Waals surface area (Å²) in [7, 11) is 0. The van der Waals surface area contributed by atoms with E-state index in [0.717, 1.165) is 43.2 Å². The minimum atomic E-state index is -0.564. The highest BCUT2D eigenvalue weighted by molar-refractivity contribution is 5.99. The van der Waals surface area contributed by atoms with Crippen molar-refractivity contribution in [2.45, 2.75) is 51.4 Å². The molecule has 1 saturated carbocycles. The number of rotatable bonds is 4. The van der Waals surface area contributed by atoms with E-state index in [9.17, 15) is 14.9 Å². The minimum Gasteiger partial charge on any atom is -0.425 e. The molecule has 0 aromatic heterocycles. The summed E-state index contributed by atoms with van der Waals surface area (Å²) >= 11 is 0. The summed E-state index contributed by atoms with van der Waals surface area (Å²) in [5, 5.41) is 12.3. The van der Waals surface area contributed by atoms with Gasteiger partial charge in [-0.2, -0.15) is 5.26 Å². The lowest BCUT2D eigenvalue weighted by atomic mass is 9.68. The molecule has 0 aliphatic heterocycles. The molecule has 28 heavy (non-hydrogen) atoms. The smallest absolute Gasteiger partial charge is 0.308 e. The Balaban J connectivity index is 1.91. The van der Waals surface area contributed by atoms with E-state index in [2.05, 4.69) is 11.4 Å². The molecule has 5 heteroatoms. The first-order valence-electron chi connectivity index (χ1n) is 9.56. The third-order valence-corrected chi connectivity index (χ3v) is 5.32.